The van der Waals surface area contributed by atoms with Crippen molar-refractivity contribution in [3.8, 4) is 0 Å². The number of hydrogen-bond acceptors (Lipinski definition) is 4. The van der Waals surface area contributed by atoms with Crippen molar-refractivity contribution in [1.82, 2.24) is 20.0 Å². The van der Waals surface area contributed by atoms with Crippen molar-refractivity contribution in [1.29, 1.82) is 0 Å². The van der Waals surface area contributed by atoms with Crippen molar-refractivity contribution in [3.63, 3.8) is 0 Å². The normalized spacial score (nSPS) is 25.8. The maximum absolute atomic E-state index is 12.7. The Balaban J connectivity index is 1.29. The Morgan fingerprint density at radius 3 is 2.84 bits per heavy atom. The van der Waals surface area contributed by atoms with Crippen molar-refractivity contribution < 1.29 is 9.53 Å². The molecule has 2 heterocycles. The molecule has 25 heavy (non-hydrogen) atoms. The van der Waals surface area contributed by atoms with Gasteiger partial charge < -0.3 is 10.1 Å². The lowest BCUT2D eigenvalue weighted by Gasteiger charge is -2.38. The Bertz CT molecular complexity index is 578. The highest BCUT2D eigenvalue weighted by atomic mass is 16.5. The minimum absolute atomic E-state index is 0.0957. The molecule has 3 fully saturated rings. The van der Waals surface area contributed by atoms with E-state index in [1.807, 2.05) is 10.9 Å². The van der Waals surface area contributed by atoms with Crippen LogP contribution in [0.25, 0.3) is 0 Å². The first kappa shape index (κ1) is 17.0. The number of hydrogen-bond donors (Lipinski definition) is 1. The van der Waals surface area contributed by atoms with Crippen LogP contribution in [0.5, 0.6) is 0 Å². The number of amides is 1. The van der Waals surface area contributed by atoms with Crippen LogP contribution in [-0.2, 0) is 22.6 Å². The molecule has 1 amide bonds. The molecule has 2 saturated carbocycles. The zero-order valence-corrected chi connectivity index (χ0v) is 15.0. The standard InChI is InChI=1S/C19H30N4O2/c24-19(18-14-25-9-8-23(18)17-6-1-2-7-17)20-10-16-11-21-22(13-16)12-15-4-3-5-15/h11,13,15,17-18H,1-10,12,14H2,(H,20,24). The monoisotopic (exact) mass is 346 g/mol. The fourth-order valence-corrected chi connectivity index (χ4v) is 4.36. The van der Waals surface area contributed by atoms with Gasteiger partial charge >= 0.3 is 0 Å². The van der Waals surface area contributed by atoms with Gasteiger partial charge in [0, 0.05) is 37.4 Å². The van der Waals surface area contributed by atoms with Gasteiger partial charge in [-0.1, -0.05) is 19.3 Å². The van der Waals surface area contributed by atoms with E-state index in [0.717, 1.165) is 31.2 Å². The second kappa shape index (κ2) is 7.87. The predicted molar refractivity (Wildman–Crippen MR) is 95.0 cm³/mol. The summed E-state index contributed by atoms with van der Waals surface area (Å²) in [7, 11) is 0. The highest BCUT2D eigenvalue weighted by Crippen LogP contribution is 2.28. The third-order valence-electron chi connectivity index (χ3n) is 6.09. The number of morpholine rings is 1. The summed E-state index contributed by atoms with van der Waals surface area (Å²) in [6.07, 6.45) is 13.0. The molecule has 0 spiro atoms. The second-order valence-electron chi connectivity index (χ2n) is 7.85. The first-order valence-electron chi connectivity index (χ1n) is 9.92. The Morgan fingerprint density at radius 1 is 1.24 bits per heavy atom. The minimum atomic E-state index is -0.137. The molecule has 3 aliphatic rings. The Morgan fingerprint density at radius 2 is 2.08 bits per heavy atom. The van der Waals surface area contributed by atoms with Gasteiger partial charge in [0.1, 0.15) is 6.04 Å². The number of aromatic nitrogens is 2. The van der Waals surface area contributed by atoms with E-state index in [9.17, 15) is 4.79 Å². The number of ether oxygens (including phenoxy) is 1. The predicted octanol–water partition coefficient (Wildman–Crippen LogP) is 1.94. The topological polar surface area (TPSA) is 59.4 Å². The summed E-state index contributed by atoms with van der Waals surface area (Å²) in [5.74, 6) is 0.889. The van der Waals surface area contributed by atoms with E-state index in [-0.39, 0.29) is 11.9 Å². The van der Waals surface area contributed by atoms with Crippen molar-refractivity contribution in [2.24, 2.45) is 5.92 Å². The molecule has 1 atom stereocenters. The van der Waals surface area contributed by atoms with E-state index in [0.29, 0.717) is 19.2 Å². The first-order valence-corrected chi connectivity index (χ1v) is 9.92. The SMILES string of the molecule is O=C(NCc1cnn(CC2CCC2)c1)C1COCCN1C1CCCC1. The number of nitrogens with zero attached hydrogens (tertiary/aromatic N) is 3. The minimum Gasteiger partial charge on any atom is -0.378 e. The van der Waals surface area contributed by atoms with Gasteiger partial charge in [-0.15, -0.1) is 0 Å². The molecule has 0 bridgehead atoms. The van der Waals surface area contributed by atoms with Gasteiger partial charge in [-0.2, -0.15) is 5.10 Å². The summed E-state index contributed by atoms with van der Waals surface area (Å²) < 4.78 is 7.62. The van der Waals surface area contributed by atoms with Crippen LogP contribution in [0.15, 0.2) is 12.4 Å². The maximum atomic E-state index is 12.7. The molecule has 0 aromatic carbocycles. The molecule has 1 unspecified atom stereocenters. The number of carbonyl (C=O) groups excluding carboxylic acids is 1. The number of rotatable bonds is 6. The maximum Gasteiger partial charge on any atom is 0.240 e. The first-order chi connectivity index (χ1) is 12.3. The van der Waals surface area contributed by atoms with E-state index < -0.39 is 0 Å². The Kier molecular flexibility index (Phi) is 5.36. The van der Waals surface area contributed by atoms with Gasteiger partial charge in [0.2, 0.25) is 5.91 Å². The molecule has 1 aromatic heterocycles. The average molecular weight is 346 g/mol. The van der Waals surface area contributed by atoms with Gasteiger partial charge in [-0.05, 0) is 31.6 Å². The summed E-state index contributed by atoms with van der Waals surface area (Å²) >= 11 is 0. The summed E-state index contributed by atoms with van der Waals surface area (Å²) in [5, 5.41) is 7.54. The van der Waals surface area contributed by atoms with Crippen molar-refractivity contribution in [2.45, 2.75) is 70.1 Å². The fourth-order valence-electron chi connectivity index (χ4n) is 4.36. The van der Waals surface area contributed by atoms with E-state index in [2.05, 4.69) is 21.5 Å². The van der Waals surface area contributed by atoms with Crippen LogP contribution in [0.4, 0.5) is 0 Å². The van der Waals surface area contributed by atoms with Crippen molar-refractivity contribution in [2.75, 3.05) is 19.8 Å². The largest absolute Gasteiger partial charge is 0.378 e. The lowest BCUT2D eigenvalue weighted by Crippen LogP contribution is -2.56. The lowest BCUT2D eigenvalue weighted by molar-refractivity contribution is -0.134. The highest BCUT2D eigenvalue weighted by molar-refractivity contribution is 5.82. The van der Waals surface area contributed by atoms with Gasteiger partial charge in [-0.3, -0.25) is 14.4 Å². The van der Waals surface area contributed by atoms with Crippen molar-refractivity contribution >= 4 is 5.91 Å². The molecule has 1 aromatic rings. The average Bonchev–Trinajstić information content (AvgIpc) is 3.28. The molecule has 1 aliphatic heterocycles. The highest BCUT2D eigenvalue weighted by Gasteiger charge is 2.35. The van der Waals surface area contributed by atoms with Crippen LogP contribution in [-0.4, -0.2) is 52.4 Å². The van der Waals surface area contributed by atoms with Crippen LogP contribution in [0.3, 0.4) is 0 Å². The molecule has 4 rings (SSSR count). The smallest absolute Gasteiger partial charge is 0.240 e. The molecule has 1 N–H and O–H groups in total. The van der Waals surface area contributed by atoms with Crippen LogP contribution in [0, 0.1) is 5.92 Å². The summed E-state index contributed by atoms with van der Waals surface area (Å²) in [5.41, 5.74) is 1.08. The van der Waals surface area contributed by atoms with E-state index >= 15 is 0 Å². The molecule has 2 aliphatic carbocycles. The van der Waals surface area contributed by atoms with Gasteiger partial charge in [0.05, 0.1) is 19.4 Å². The van der Waals surface area contributed by atoms with Crippen LogP contribution >= 0.6 is 0 Å². The number of carbonyl (C=O) groups is 1. The zero-order chi connectivity index (χ0) is 17.1. The van der Waals surface area contributed by atoms with E-state index in [4.69, 9.17) is 4.74 Å². The zero-order valence-electron chi connectivity index (χ0n) is 15.0. The third kappa shape index (κ3) is 4.06. The molecule has 6 nitrogen and oxygen atoms in total. The fraction of sp³-hybridized carbons (Fsp3) is 0.789. The summed E-state index contributed by atoms with van der Waals surface area (Å²) in [6.45, 7) is 3.71. The van der Waals surface area contributed by atoms with Gasteiger partial charge in [0.25, 0.3) is 0 Å². The lowest BCUT2D eigenvalue weighted by atomic mass is 9.85. The molecular formula is C19H30N4O2. The molecule has 138 valence electrons. The van der Waals surface area contributed by atoms with E-state index in [1.165, 1.54) is 44.9 Å². The molecule has 1 saturated heterocycles. The van der Waals surface area contributed by atoms with E-state index in [1.54, 1.807) is 0 Å². The summed E-state index contributed by atoms with van der Waals surface area (Å²) in [4.78, 5) is 15.1. The number of nitrogens with one attached hydrogen (secondary N) is 1. The second-order valence-corrected chi connectivity index (χ2v) is 7.85. The van der Waals surface area contributed by atoms with Crippen LogP contribution < -0.4 is 5.32 Å². The van der Waals surface area contributed by atoms with Gasteiger partial charge in [0.15, 0.2) is 0 Å². The summed E-state index contributed by atoms with van der Waals surface area (Å²) in [6, 6.07) is 0.423. The van der Waals surface area contributed by atoms with Crippen molar-refractivity contribution in [3.05, 3.63) is 18.0 Å². The van der Waals surface area contributed by atoms with Gasteiger partial charge in [-0.25, -0.2) is 0 Å². The Labute approximate surface area is 149 Å². The van der Waals surface area contributed by atoms with Crippen LogP contribution in [0.2, 0.25) is 0 Å². The van der Waals surface area contributed by atoms with Crippen LogP contribution in [0.1, 0.15) is 50.5 Å². The molecule has 6 heteroatoms. The quantitative estimate of drug-likeness (QED) is 0.855. The molecular weight excluding hydrogens is 316 g/mol. The Hall–Kier alpha value is -1.40. The third-order valence-corrected chi connectivity index (χ3v) is 6.09. The molecule has 0 radical (unpaired) electrons.